The van der Waals surface area contributed by atoms with Crippen molar-refractivity contribution in [2.75, 3.05) is 20.5 Å². The van der Waals surface area contributed by atoms with Crippen LogP contribution >= 0.6 is 11.8 Å². The molecule has 1 aromatic carbocycles. The smallest absolute Gasteiger partial charge is 0.161 e. The number of benzene rings is 1. The predicted octanol–water partition coefficient (Wildman–Crippen LogP) is 4.09. The first-order chi connectivity index (χ1) is 10.2. The van der Waals surface area contributed by atoms with Gasteiger partial charge < -0.3 is 14.8 Å². The average Bonchev–Trinajstić information content (AvgIpc) is 2.53. The van der Waals surface area contributed by atoms with Gasteiger partial charge in [-0.15, -0.1) is 11.8 Å². The summed E-state index contributed by atoms with van der Waals surface area (Å²) in [7, 11) is 3.38. The molecule has 1 aliphatic rings. The van der Waals surface area contributed by atoms with E-state index in [2.05, 4.69) is 30.6 Å². The molecular weight excluding hydrogens is 282 g/mol. The van der Waals surface area contributed by atoms with Crippen molar-refractivity contribution in [3.63, 3.8) is 0 Å². The molecule has 0 radical (unpaired) electrons. The highest BCUT2D eigenvalue weighted by molar-refractivity contribution is 7.98. The molecule has 0 bridgehead atoms. The van der Waals surface area contributed by atoms with Gasteiger partial charge in [0.2, 0.25) is 0 Å². The summed E-state index contributed by atoms with van der Waals surface area (Å²) in [5.41, 5.74) is 1.29. The Morgan fingerprint density at radius 2 is 1.81 bits per heavy atom. The minimum absolute atomic E-state index is 0.640. The molecule has 0 spiro atoms. The van der Waals surface area contributed by atoms with Crippen molar-refractivity contribution < 1.29 is 9.47 Å². The standard InChI is InChI=1S/C17H27NO2S/c1-12-7-5-6-8-14(12)18-11-13-9-15(19-2)16(20-3)10-17(13)21-4/h9-10,12,14,18H,5-8,11H2,1-4H3. The lowest BCUT2D eigenvalue weighted by Crippen LogP contribution is -2.36. The van der Waals surface area contributed by atoms with Gasteiger partial charge in [-0.25, -0.2) is 0 Å². The third-order valence-electron chi connectivity index (χ3n) is 4.45. The maximum absolute atomic E-state index is 5.43. The second-order valence-corrected chi connectivity index (χ2v) is 6.62. The zero-order valence-corrected chi connectivity index (χ0v) is 14.4. The number of nitrogens with one attached hydrogen (secondary N) is 1. The van der Waals surface area contributed by atoms with E-state index >= 15 is 0 Å². The highest BCUT2D eigenvalue weighted by atomic mass is 32.2. The summed E-state index contributed by atoms with van der Waals surface area (Å²) < 4.78 is 10.8. The summed E-state index contributed by atoms with van der Waals surface area (Å²) in [6.45, 7) is 3.26. The molecule has 1 aromatic rings. The summed E-state index contributed by atoms with van der Waals surface area (Å²) in [6, 6.07) is 4.82. The average molecular weight is 309 g/mol. The first-order valence-corrected chi connectivity index (χ1v) is 8.94. The van der Waals surface area contributed by atoms with Crippen LogP contribution in [0.4, 0.5) is 0 Å². The molecule has 1 saturated carbocycles. The molecule has 21 heavy (non-hydrogen) atoms. The van der Waals surface area contributed by atoms with Crippen LogP contribution in [0.1, 0.15) is 38.2 Å². The number of ether oxygens (including phenoxy) is 2. The van der Waals surface area contributed by atoms with E-state index in [4.69, 9.17) is 9.47 Å². The predicted molar refractivity (Wildman–Crippen MR) is 89.6 cm³/mol. The third-order valence-corrected chi connectivity index (χ3v) is 5.27. The molecule has 3 nitrogen and oxygen atoms in total. The van der Waals surface area contributed by atoms with Gasteiger partial charge in [-0.3, -0.25) is 0 Å². The van der Waals surface area contributed by atoms with Crippen molar-refractivity contribution in [1.82, 2.24) is 5.32 Å². The van der Waals surface area contributed by atoms with E-state index in [0.29, 0.717) is 6.04 Å². The highest BCUT2D eigenvalue weighted by Crippen LogP contribution is 2.35. The fourth-order valence-electron chi connectivity index (χ4n) is 3.09. The van der Waals surface area contributed by atoms with Crippen molar-refractivity contribution in [1.29, 1.82) is 0 Å². The normalized spacial score (nSPS) is 22.1. The maximum atomic E-state index is 5.43. The lowest BCUT2D eigenvalue weighted by molar-refractivity contribution is 0.278. The fraction of sp³-hybridized carbons (Fsp3) is 0.647. The van der Waals surface area contributed by atoms with Crippen molar-refractivity contribution in [3.8, 4) is 11.5 Å². The molecule has 1 fully saturated rings. The van der Waals surface area contributed by atoms with Crippen molar-refractivity contribution in [2.24, 2.45) is 5.92 Å². The molecule has 0 aliphatic heterocycles. The van der Waals surface area contributed by atoms with E-state index in [1.165, 1.54) is 36.1 Å². The SMILES string of the molecule is COc1cc(CNC2CCCCC2C)c(SC)cc1OC. The summed E-state index contributed by atoms with van der Waals surface area (Å²) >= 11 is 1.76. The molecule has 0 aromatic heterocycles. The molecule has 2 rings (SSSR count). The quantitative estimate of drug-likeness (QED) is 0.802. The summed E-state index contributed by atoms with van der Waals surface area (Å²) in [4.78, 5) is 1.25. The van der Waals surface area contributed by atoms with E-state index in [1.54, 1.807) is 26.0 Å². The van der Waals surface area contributed by atoms with E-state index in [0.717, 1.165) is 24.0 Å². The molecule has 118 valence electrons. The summed E-state index contributed by atoms with van der Waals surface area (Å²) in [5.74, 6) is 2.39. The van der Waals surface area contributed by atoms with E-state index in [1.807, 2.05) is 0 Å². The third kappa shape index (κ3) is 4.07. The number of rotatable bonds is 6. The van der Waals surface area contributed by atoms with Gasteiger partial charge in [-0.05, 0) is 42.7 Å². The van der Waals surface area contributed by atoms with Crippen LogP contribution < -0.4 is 14.8 Å². The second-order valence-electron chi connectivity index (χ2n) is 5.77. The van der Waals surface area contributed by atoms with Gasteiger partial charge in [0.1, 0.15) is 0 Å². The lowest BCUT2D eigenvalue weighted by atomic mass is 9.86. The van der Waals surface area contributed by atoms with E-state index in [-0.39, 0.29) is 0 Å². The Bertz CT molecular complexity index is 464. The Kier molecular flexibility index (Phi) is 6.24. The lowest BCUT2D eigenvalue weighted by Gasteiger charge is -2.30. The summed E-state index contributed by atoms with van der Waals surface area (Å²) in [5, 5.41) is 3.74. The van der Waals surface area contributed by atoms with Crippen molar-refractivity contribution in [3.05, 3.63) is 17.7 Å². The van der Waals surface area contributed by atoms with Crippen LogP contribution in [-0.2, 0) is 6.54 Å². The van der Waals surface area contributed by atoms with Gasteiger partial charge in [-0.1, -0.05) is 19.8 Å². The number of thioether (sulfide) groups is 1. The van der Waals surface area contributed by atoms with Gasteiger partial charge in [0, 0.05) is 17.5 Å². The van der Waals surface area contributed by atoms with Crippen molar-refractivity contribution >= 4 is 11.8 Å². The van der Waals surface area contributed by atoms with Crippen LogP contribution in [0, 0.1) is 5.92 Å². The minimum atomic E-state index is 0.640. The van der Waals surface area contributed by atoms with Gasteiger partial charge in [0.05, 0.1) is 14.2 Å². The van der Waals surface area contributed by atoms with Crippen LogP contribution in [0.15, 0.2) is 17.0 Å². The molecule has 4 heteroatoms. The Morgan fingerprint density at radius 1 is 1.14 bits per heavy atom. The highest BCUT2D eigenvalue weighted by Gasteiger charge is 2.21. The van der Waals surface area contributed by atoms with Gasteiger partial charge in [0.15, 0.2) is 11.5 Å². The Labute approximate surface area is 132 Å². The second kappa shape index (κ2) is 7.95. The monoisotopic (exact) mass is 309 g/mol. The molecule has 1 N–H and O–H groups in total. The Balaban J connectivity index is 2.10. The molecule has 1 aliphatic carbocycles. The van der Waals surface area contributed by atoms with Crippen LogP contribution in [0.5, 0.6) is 11.5 Å². The van der Waals surface area contributed by atoms with Crippen molar-refractivity contribution in [2.45, 2.75) is 50.1 Å². The zero-order chi connectivity index (χ0) is 15.2. The van der Waals surface area contributed by atoms with Gasteiger partial charge in [0.25, 0.3) is 0 Å². The first-order valence-electron chi connectivity index (χ1n) is 7.71. The Morgan fingerprint density at radius 3 is 2.43 bits per heavy atom. The van der Waals surface area contributed by atoms with E-state index in [9.17, 15) is 0 Å². The molecule has 0 saturated heterocycles. The van der Waals surface area contributed by atoms with Crippen LogP contribution in [0.25, 0.3) is 0 Å². The van der Waals surface area contributed by atoms with Crippen LogP contribution in [0.3, 0.4) is 0 Å². The number of hydrogen-bond donors (Lipinski definition) is 1. The van der Waals surface area contributed by atoms with E-state index < -0.39 is 0 Å². The van der Waals surface area contributed by atoms with Crippen LogP contribution in [-0.4, -0.2) is 26.5 Å². The number of methoxy groups -OCH3 is 2. The molecule has 0 heterocycles. The first kappa shape index (κ1) is 16.5. The molecule has 2 unspecified atom stereocenters. The largest absolute Gasteiger partial charge is 0.493 e. The Hall–Kier alpha value is -0.870. The number of hydrogen-bond acceptors (Lipinski definition) is 4. The van der Waals surface area contributed by atoms with Gasteiger partial charge >= 0.3 is 0 Å². The zero-order valence-electron chi connectivity index (χ0n) is 13.6. The molecular formula is C17H27NO2S. The maximum Gasteiger partial charge on any atom is 0.161 e. The van der Waals surface area contributed by atoms with Gasteiger partial charge in [-0.2, -0.15) is 0 Å². The summed E-state index contributed by atoms with van der Waals surface area (Å²) in [6.07, 6.45) is 7.48. The van der Waals surface area contributed by atoms with Crippen LogP contribution in [0.2, 0.25) is 0 Å². The fourth-order valence-corrected chi connectivity index (χ4v) is 3.71. The topological polar surface area (TPSA) is 30.5 Å². The minimum Gasteiger partial charge on any atom is -0.493 e. The molecule has 2 atom stereocenters. The molecule has 0 amide bonds.